The Morgan fingerprint density at radius 3 is 2.71 bits per heavy atom. The van der Waals surface area contributed by atoms with Crippen LogP contribution in [0.15, 0.2) is 30.3 Å². The molecule has 0 spiro atoms. The van der Waals surface area contributed by atoms with E-state index in [9.17, 15) is 4.79 Å². The summed E-state index contributed by atoms with van der Waals surface area (Å²) in [6.07, 6.45) is 2.66. The molecular formula is C20H27N3O. The van der Waals surface area contributed by atoms with E-state index in [4.69, 9.17) is 0 Å². The largest absolute Gasteiger partial charge is 0.382 e. The second-order valence-corrected chi connectivity index (χ2v) is 7.23. The summed E-state index contributed by atoms with van der Waals surface area (Å²) in [7, 11) is 0. The lowest BCUT2D eigenvalue weighted by atomic mass is 10.0. The molecular weight excluding hydrogens is 298 g/mol. The van der Waals surface area contributed by atoms with Gasteiger partial charge < -0.3 is 10.2 Å². The van der Waals surface area contributed by atoms with Crippen LogP contribution in [-0.2, 0) is 4.79 Å². The Labute approximate surface area is 144 Å². The van der Waals surface area contributed by atoms with E-state index in [0.29, 0.717) is 24.3 Å². The number of anilines is 1. The first kappa shape index (κ1) is 16.7. The highest BCUT2D eigenvalue weighted by Gasteiger charge is 2.23. The van der Waals surface area contributed by atoms with Crippen molar-refractivity contribution in [1.29, 1.82) is 0 Å². The Bertz CT molecular complexity index is 718. The number of fused-ring (bicyclic) bond motifs is 1. The number of aromatic nitrogens is 1. The van der Waals surface area contributed by atoms with Gasteiger partial charge in [-0.15, -0.1) is 0 Å². The van der Waals surface area contributed by atoms with Gasteiger partial charge in [0.25, 0.3) is 0 Å². The number of carbonyl (C=O) groups is 1. The predicted molar refractivity (Wildman–Crippen MR) is 99.2 cm³/mol. The zero-order valence-electron chi connectivity index (χ0n) is 14.9. The van der Waals surface area contributed by atoms with Crippen LogP contribution in [0.5, 0.6) is 0 Å². The minimum absolute atomic E-state index is 0.300. The van der Waals surface area contributed by atoms with E-state index in [2.05, 4.69) is 48.4 Å². The molecule has 24 heavy (non-hydrogen) atoms. The second-order valence-electron chi connectivity index (χ2n) is 7.23. The molecule has 0 aliphatic carbocycles. The zero-order valence-corrected chi connectivity index (χ0v) is 14.9. The minimum Gasteiger partial charge on any atom is -0.382 e. The third-order valence-corrected chi connectivity index (χ3v) is 4.63. The van der Waals surface area contributed by atoms with E-state index in [0.717, 1.165) is 42.8 Å². The van der Waals surface area contributed by atoms with Gasteiger partial charge in [0.2, 0.25) is 5.91 Å². The molecule has 0 bridgehead atoms. The first-order valence-electron chi connectivity index (χ1n) is 8.93. The molecule has 2 heterocycles. The number of rotatable bonds is 4. The lowest BCUT2D eigenvalue weighted by molar-refractivity contribution is -0.132. The third-order valence-electron chi connectivity index (χ3n) is 4.63. The van der Waals surface area contributed by atoms with Crippen molar-refractivity contribution in [1.82, 2.24) is 9.88 Å². The highest BCUT2D eigenvalue weighted by molar-refractivity contribution is 5.91. The molecule has 0 atom stereocenters. The molecule has 1 aromatic heterocycles. The summed E-state index contributed by atoms with van der Waals surface area (Å²) in [6.45, 7) is 7.94. The van der Waals surface area contributed by atoms with Crippen LogP contribution in [0.4, 0.5) is 5.69 Å². The Morgan fingerprint density at radius 2 is 2.00 bits per heavy atom. The van der Waals surface area contributed by atoms with Crippen LogP contribution >= 0.6 is 0 Å². The molecule has 0 saturated carbocycles. The van der Waals surface area contributed by atoms with Crippen LogP contribution in [0.25, 0.3) is 10.9 Å². The maximum Gasteiger partial charge on any atom is 0.222 e. The van der Waals surface area contributed by atoms with Gasteiger partial charge in [-0.05, 0) is 37.8 Å². The summed E-state index contributed by atoms with van der Waals surface area (Å²) in [6, 6.07) is 10.8. The monoisotopic (exact) mass is 325 g/mol. The number of nitrogens with zero attached hydrogens (tertiary/aromatic N) is 2. The summed E-state index contributed by atoms with van der Waals surface area (Å²) < 4.78 is 0. The molecule has 0 radical (unpaired) electrons. The molecule has 4 heteroatoms. The van der Waals surface area contributed by atoms with Gasteiger partial charge in [-0.2, -0.15) is 0 Å². The molecule has 1 saturated heterocycles. The van der Waals surface area contributed by atoms with Crippen LogP contribution in [0.3, 0.4) is 0 Å². The van der Waals surface area contributed by atoms with Gasteiger partial charge in [0.15, 0.2) is 0 Å². The molecule has 2 aromatic rings. The Morgan fingerprint density at radius 1 is 1.29 bits per heavy atom. The quantitative estimate of drug-likeness (QED) is 0.924. The van der Waals surface area contributed by atoms with Crippen molar-refractivity contribution >= 4 is 22.5 Å². The molecule has 1 N–H and O–H groups in total. The molecule has 1 amide bonds. The van der Waals surface area contributed by atoms with Gasteiger partial charge in [0.05, 0.1) is 5.52 Å². The minimum atomic E-state index is 0.300. The number of hydrogen-bond donors (Lipinski definition) is 1. The topological polar surface area (TPSA) is 45.2 Å². The molecule has 3 rings (SSSR count). The Hall–Kier alpha value is -2.10. The smallest absolute Gasteiger partial charge is 0.222 e. The van der Waals surface area contributed by atoms with Crippen molar-refractivity contribution in [2.24, 2.45) is 5.92 Å². The van der Waals surface area contributed by atoms with Crippen molar-refractivity contribution in [3.05, 3.63) is 36.0 Å². The van der Waals surface area contributed by atoms with Gasteiger partial charge >= 0.3 is 0 Å². The third kappa shape index (κ3) is 3.86. The van der Waals surface area contributed by atoms with Crippen LogP contribution in [0, 0.1) is 12.8 Å². The van der Waals surface area contributed by atoms with Crippen LogP contribution < -0.4 is 5.32 Å². The number of para-hydroxylation sites is 1. The summed E-state index contributed by atoms with van der Waals surface area (Å²) in [4.78, 5) is 18.8. The number of benzene rings is 1. The van der Waals surface area contributed by atoms with Gasteiger partial charge in [0, 0.05) is 42.3 Å². The SMILES string of the molecule is Cc1cc(NC2CCN(C(=O)CC(C)C)CC2)c2ccccc2n1. The number of likely N-dealkylation sites (tertiary alicyclic amines) is 1. The van der Waals surface area contributed by atoms with Crippen molar-refractivity contribution in [3.63, 3.8) is 0 Å². The summed E-state index contributed by atoms with van der Waals surface area (Å²) in [5.74, 6) is 0.730. The van der Waals surface area contributed by atoms with Crippen molar-refractivity contribution < 1.29 is 4.79 Å². The van der Waals surface area contributed by atoms with Crippen molar-refractivity contribution in [2.45, 2.75) is 46.1 Å². The summed E-state index contributed by atoms with van der Waals surface area (Å²) in [5, 5.41) is 4.85. The average Bonchev–Trinajstić information content (AvgIpc) is 2.54. The summed E-state index contributed by atoms with van der Waals surface area (Å²) >= 11 is 0. The molecule has 1 aliphatic rings. The second kappa shape index (κ2) is 7.20. The maximum atomic E-state index is 12.2. The molecule has 1 aliphatic heterocycles. The van der Waals surface area contributed by atoms with Gasteiger partial charge in [0.1, 0.15) is 0 Å². The number of aryl methyl sites for hydroxylation is 1. The van der Waals surface area contributed by atoms with Crippen LogP contribution in [-0.4, -0.2) is 34.9 Å². The first-order valence-corrected chi connectivity index (χ1v) is 8.93. The zero-order chi connectivity index (χ0) is 17.1. The number of carbonyl (C=O) groups excluding carboxylic acids is 1. The number of hydrogen-bond acceptors (Lipinski definition) is 3. The number of pyridine rings is 1. The normalized spacial score (nSPS) is 15.9. The fourth-order valence-electron chi connectivity index (χ4n) is 3.40. The highest BCUT2D eigenvalue weighted by atomic mass is 16.2. The first-order chi connectivity index (χ1) is 11.5. The maximum absolute atomic E-state index is 12.2. The Kier molecular flexibility index (Phi) is 5.03. The van der Waals surface area contributed by atoms with E-state index in [1.54, 1.807) is 0 Å². The van der Waals surface area contributed by atoms with Crippen LogP contribution in [0.1, 0.15) is 38.8 Å². The molecule has 1 fully saturated rings. The molecule has 1 aromatic carbocycles. The number of nitrogens with one attached hydrogen (secondary N) is 1. The van der Waals surface area contributed by atoms with Crippen molar-refractivity contribution in [3.8, 4) is 0 Å². The predicted octanol–water partition coefficient (Wildman–Crippen LogP) is 3.99. The lowest BCUT2D eigenvalue weighted by Crippen LogP contribution is -2.42. The number of piperidine rings is 1. The Balaban J connectivity index is 1.66. The number of amides is 1. The van der Waals surface area contributed by atoms with Gasteiger partial charge in [-0.1, -0.05) is 32.0 Å². The van der Waals surface area contributed by atoms with E-state index in [1.807, 2.05) is 17.9 Å². The molecule has 4 nitrogen and oxygen atoms in total. The lowest BCUT2D eigenvalue weighted by Gasteiger charge is -2.33. The van der Waals surface area contributed by atoms with Crippen molar-refractivity contribution in [2.75, 3.05) is 18.4 Å². The van der Waals surface area contributed by atoms with E-state index < -0.39 is 0 Å². The van der Waals surface area contributed by atoms with E-state index in [-0.39, 0.29) is 0 Å². The standard InChI is InChI=1S/C20H27N3O/c1-14(2)12-20(24)23-10-8-16(9-11-23)22-19-13-15(3)21-18-7-5-4-6-17(18)19/h4-7,13-14,16H,8-12H2,1-3H3,(H,21,22). The molecule has 128 valence electrons. The van der Waals surface area contributed by atoms with E-state index in [1.165, 1.54) is 5.39 Å². The molecule has 0 unspecified atom stereocenters. The van der Waals surface area contributed by atoms with Crippen LogP contribution in [0.2, 0.25) is 0 Å². The summed E-state index contributed by atoms with van der Waals surface area (Å²) in [5.41, 5.74) is 3.22. The fourth-order valence-corrected chi connectivity index (χ4v) is 3.40. The van der Waals surface area contributed by atoms with Gasteiger partial charge in [-0.25, -0.2) is 0 Å². The van der Waals surface area contributed by atoms with E-state index >= 15 is 0 Å². The highest BCUT2D eigenvalue weighted by Crippen LogP contribution is 2.25. The fraction of sp³-hybridized carbons (Fsp3) is 0.500. The van der Waals surface area contributed by atoms with Gasteiger partial charge in [-0.3, -0.25) is 9.78 Å². The average molecular weight is 325 g/mol.